The average Bonchev–Trinajstić information content (AvgIpc) is 2.73. The van der Waals surface area contributed by atoms with Gasteiger partial charge in [0.05, 0.1) is 10.1 Å². The Bertz CT molecular complexity index is 1310. The van der Waals surface area contributed by atoms with Crippen molar-refractivity contribution in [2.45, 2.75) is 29.4 Å². The lowest BCUT2D eigenvalue weighted by Crippen LogP contribution is -2.19. The predicted octanol–water partition coefficient (Wildman–Crippen LogP) is 5.98. The van der Waals surface area contributed by atoms with Crippen LogP contribution in [-0.2, 0) is 16.3 Å². The monoisotopic (exact) mass is 390 g/mol. The largest absolute Gasteiger partial charge is 0.223 e. The van der Waals surface area contributed by atoms with Gasteiger partial charge in [0.15, 0.2) is 9.84 Å². The normalized spacial score (nSPS) is 17.0. The van der Waals surface area contributed by atoms with E-state index in [2.05, 4.69) is 30.3 Å². The van der Waals surface area contributed by atoms with Crippen LogP contribution in [-0.4, -0.2) is 8.42 Å². The third-order valence-electron chi connectivity index (χ3n) is 5.83. The van der Waals surface area contributed by atoms with Gasteiger partial charge in [-0.15, -0.1) is 0 Å². The van der Waals surface area contributed by atoms with Crippen LogP contribution in [0.15, 0.2) is 77.7 Å². The van der Waals surface area contributed by atoms with Gasteiger partial charge in [0.2, 0.25) is 0 Å². The Balaban J connectivity index is 1.71. The van der Waals surface area contributed by atoms with E-state index in [1.165, 1.54) is 35.0 Å². The zero-order valence-corrected chi connectivity index (χ0v) is 16.0. The lowest BCUT2D eigenvalue weighted by molar-refractivity contribution is 0.560. The Labute approximate surface area is 163 Å². The Hall–Kier alpha value is -2.72. The standard InChI is InChI=1S/C24H19FO2S/c25-17-9-11-18(12-10-17)28(26,27)24-7-3-6-20-22-13-8-16-4-1-2-5-19(16)21(22)14-15-23(20)24/h1-2,4-5,8-15,24H,3,6-7H2. The molecule has 0 aromatic heterocycles. The molecule has 140 valence electrons. The van der Waals surface area contributed by atoms with Crippen molar-refractivity contribution >= 4 is 31.4 Å². The van der Waals surface area contributed by atoms with E-state index >= 15 is 0 Å². The molecule has 28 heavy (non-hydrogen) atoms. The smallest absolute Gasteiger partial charge is 0.185 e. The van der Waals surface area contributed by atoms with Crippen LogP contribution in [0.4, 0.5) is 4.39 Å². The molecule has 2 nitrogen and oxygen atoms in total. The highest BCUT2D eigenvalue weighted by molar-refractivity contribution is 7.91. The maximum absolute atomic E-state index is 13.3. The van der Waals surface area contributed by atoms with Gasteiger partial charge in [-0.2, -0.15) is 0 Å². The summed E-state index contributed by atoms with van der Waals surface area (Å²) in [4.78, 5) is 0.186. The highest BCUT2D eigenvalue weighted by Crippen LogP contribution is 2.42. The van der Waals surface area contributed by atoms with Gasteiger partial charge in [-0.05, 0) is 76.2 Å². The van der Waals surface area contributed by atoms with Gasteiger partial charge in [-0.25, -0.2) is 12.8 Å². The second-order valence-electron chi connectivity index (χ2n) is 7.39. The van der Waals surface area contributed by atoms with Crippen LogP contribution in [0.5, 0.6) is 0 Å². The van der Waals surface area contributed by atoms with Crippen LogP contribution in [0, 0.1) is 5.82 Å². The summed E-state index contributed by atoms with van der Waals surface area (Å²) in [5.74, 6) is -0.430. The quantitative estimate of drug-likeness (QED) is 0.311. The molecule has 0 radical (unpaired) electrons. The lowest BCUT2D eigenvalue weighted by Gasteiger charge is -2.27. The second kappa shape index (κ2) is 6.42. The van der Waals surface area contributed by atoms with Gasteiger partial charge in [0.1, 0.15) is 5.82 Å². The molecule has 0 saturated heterocycles. The summed E-state index contributed by atoms with van der Waals surface area (Å²) in [6.45, 7) is 0. The highest BCUT2D eigenvalue weighted by Gasteiger charge is 2.33. The Morgan fingerprint density at radius 3 is 2.36 bits per heavy atom. The first-order chi connectivity index (χ1) is 13.6. The van der Waals surface area contributed by atoms with E-state index in [0.29, 0.717) is 6.42 Å². The molecule has 1 unspecified atom stereocenters. The molecule has 0 bridgehead atoms. The molecule has 1 aliphatic carbocycles. The van der Waals surface area contributed by atoms with Crippen LogP contribution in [0.25, 0.3) is 21.5 Å². The van der Waals surface area contributed by atoms with Crippen LogP contribution < -0.4 is 0 Å². The van der Waals surface area contributed by atoms with Crippen molar-refractivity contribution in [3.63, 3.8) is 0 Å². The number of halogens is 1. The molecule has 0 heterocycles. The molecule has 5 rings (SSSR count). The van der Waals surface area contributed by atoms with Crippen molar-refractivity contribution < 1.29 is 12.8 Å². The Morgan fingerprint density at radius 2 is 1.54 bits per heavy atom. The van der Waals surface area contributed by atoms with Crippen LogP contribution in [0.3, 0.4) is 0 Å². The van der Waals surface area contributed by atoms with E-state index in [0.717, 1.165) is 34.7 Å². The number of benzene rings is 4. The number of aryl methyl sites for hydroxylation is 1. The number of hydrogen-bond acceptors (Lipinski definition) is 2. The van der Waals surface area contributed by atoms with Gasteiger partial charge < -0.3 is 0 Å². The first-order valence-electron chi connectivity index (χ1n) is 9.48. The summed E-state index contributed by atoms with van der Waals surface area (Å²) in [6, 6.07) is 21.7. The number of fused-ring (bicyclic) bond motifs is 5. The second-order valence-corrected chi connectivity index (χ2v) is 9.53. The summed E-state index contributed by atoms with van der Waals surface area (Å²) in [5.41, 5.74) is 2.02. The van der Waals surface area contributed by atoms with Crippen LogP contribution in [0.2, 0.25) is 0 Å². The summed E-state index contributed by atoms with van der Waals surface area (Å²) in [5, 5.41) is 4.08. The summed E-state index contributed by atoms with van der Waals surface area (Å²) in [6.07, 6.45) is 2.29. The molecule has 4 aromatic rings. The summed E-state index contributed by atoms with van der Waals surface area (Å²) < 4.78 is 39.8. The van der Waals surface area contributed by atoms with E-state index in [1.54, 1.807) is 0 Å². The van der Waals surface area contributed by atoms with Crippen LogP contribution >= 0.6 is 0 Å². The molecular weight excluding hydrogens is 371 g/mol. The van der Waals surface area contributed by atoms with Crippen molar-refractivity contribution in [3.8, 4) is 0 Å². The molecule has 0 spiro atoms. The number of rotatable bonds is 2. The van der Waals surface area contributed by atoms with Gasteiger partial charge in [0.25, 0.3) is 0 Å². The van der Waals surface area contributed by atoms with E-state index in [9.17, 15) is 12.8 Å². The molecule has 4 aromatic carbocycles. The average molecular weight is 390 g/mol. The molecule has 1 atom stereocenters. The van der Waals surface area contributed by atoms with Gasteiger partial charge >= 0.3 is 0 Å². The SMILES string of the molecule is O=S(=O)(c1ccc(F)cc1)C1CCCc2c1ccc1c2ccc2ccccc21. The van der Waals surface area contributed by atoms with Crippen molar-refractivity contribution in [3.05, 3.63) is 89.7 Å². The third kappa shape index (κ3) is 2.63. The highest BCUT2D eigenvalue weighted by atomic mass is 32.2. The van der Waals surface area contributed by atoms with Crippen molar-refractivity contribution in [1.82, 2.24) is 0 Å². The fraction of sp³-hybridized carbons (Fsp3) is 0.167. The van der Waals surface area contributed by atoms with Gasteiger partial charge in [0, 0.05) is 0 Å². The molecule has 0 saturated carbocycles. The summed E-state index contributed by atoms with van der Waals surface area (Å²) >= 11 is 0. The molecule has 1 aliphatic rings. The fourth-order valence-corrected chi connectivity index (χ4v) is 6.35. The zero-order chi connectivity index (χ0) is 19.3. The maximum atomic E-state index is 13.3. The third-order valence-corrected chi connectivity index (χ3v) is 8.00. The van der Waals surface area contributed by atoms with Crippen molar-refractivity contribution in [2.24, 2.45) is 0 Å². The zero-order valence-electron chi connectivity index (χ0n) is 15.2. The number of hydrogen-bond donors (Lipinski definition) is 0. The minimum Gasteiger partial charge on any atom is -0.223 e. The maximum Gasteiger partial charge on any atom is 0.185 e. The topological polar surface area (TPSA) is 34.1 Å². The molecule has 0 amide bonds. The molecule has 0 aliphatic heterocycles. The molecular formula is C24H19FO2S. The molecule has 4 heteroatoms. The first-order valence-corrected chi connectivity index (χ1v) is 11.0. The van der Waals surface area contributed by atoms with Crippen molar-refractivity contribution in [2.75, 3.05) is 0 Å². The van der Waals surface area contributed by atoms with Crippen molar-refractivity contribution in [1.29, 1.82) is 0 Å². The minimum atomic E-state index is -3.57. The summed E-state index contributed by atoms with van der Waals surface area (Å²) in [7, 11) is -3.57. The van der Waals surface area contributed by atoms with Gasteiger partial charge in [-0.1, -0.05) is 48.5 Å². The molecule has 0 N–H and O–H groups in total. The van der Waals surface area contributed by atoms with E-state index in [4.69, 9.17) is 0 Å². The molecule has 0 fully saturated rings. The number of sulfone groups is 1. The Morgan fingerprint density at radius 1 is 0.786 bits per heavy atom. The lowest BCUT2D eigenvalue weighted by atomic mass is 9.86. The van der Waals surface area contributed by atoms with E-state index in [-0.39, 0.29) is 4.90 Å². The van der Waals surface area contributed by atoms with Gasteiger partial charge in [-0.3, -0.25) is 0 Å². The fourth-order valence-electron chi connectivity index (χ4n) is 4.48. The Kier molecular flexibility index (Phi) is 3.98. The van der Waals surface area contributed by atoms with E-state index < -0.39 is 20.9 Å². The minimum absolute atomic E-state index is 0.186. The first kappa shape index (κ1) is 17.4. The van der Waals surface area contributed by atoms with E-state index in [1.807, 2.05) is 18.2 Å². The predicted molar refractivity (Wildman–Crippen MR) is 111 cm³/mol. The van der Waals surface area contributed by atoms with Crippen LogP contribution in [0.1, 0.15) is 29.2 Å².